The van der Waals surface area contributed by atoms with Crippen molar-refractivity contribution in [3.8, 4) is 0 Å². The van der Waals surface area contributed by atoms with Crippen molar-refractivity contribution < 1.29 is 35.3 Å². The van der Waals surface area contributed by atoms with E-state index in [-0.39, 0.29) is 29.8 Å². The molecule has 1 aromatic rings. The highest BCUT2D eigenvalue weighted by Crippen LogP contribution is 2.20. The molecule has 0 atom stereocenters. The number of anilines is 2. The lowest BCUT2D eigenvalue weighted by molar-refractivity contribution is -0.913. The van der Waals surface area contributed by atoms with Gasteiger partial charge in [0.1, 0.15) is 0 Å². The monoisotopic (exact) mass is 420 g/mol. The molecule has 27 heavy (non-hydrogen) atoms. The first-order valence-electron chi connectivity index (χ1n) is 8.73. The molecule has 0 saturated carbocycles. The molecule has 10 heteroatoms. The Morgan fingerprint density at radius 2 is 1.81 bits per heavy atom. The number of rotatable bonds is 7. The molecule has 1 aromatic carbocycles. The summed E-state index contributed by atoms with van der Waals surface area (Å²) in [6.45, 7) is 6.18. The Morgan fingerprint density at radius 1 is 1.26 bits per heavy atom. The van der Waals surface area contributed by atoms with Gasteiger partial charge in [-0.05, 0) is 31.3 Å². The molecule has 1 heterocycles. The van der Waals surface area contributed by atoms with Crippen molar-refractivity contribution in [2.24, 2.45) is 0 Å². The summed E-state index contributed by atoms with van der Waals surface area (Å²) in [7, 11) is 0.435. The van der Waals surface area contributed by atoms with E-state index in [4.69, 9.17) is 0 Å². The van der Waals surface area contributed by atoms with E-state index >= 15 is 0 Å². The number of carbonyl (C=O) groups excluding carboxylic acids is 1. The molecular formula is C17H29ClN4O4S. The smallest absolute Gasteiger partial charge is 0.257 e. The second kappa shape index (κ2) is 9.70. The maximum absolute atomic E-state index is 12.4. The van der Waals surface area contributed by atoms with Crippen LogP contribution in [-0.2, 0) is 14.8 Å². The summed E-state index contributed by atoms with van der Waals surface area (Å²) in [5.74, 6) is -0.326. The number of amides is 1. The predicted octanol–water partition coefficient (Wildman–Crippen LogP) is -2.04. The van der Waals surface area contributed by atoms with Crippen molar-refractivity contribution in [3.05, 3.63) is 24.3 Å². The minimum Gasteiger partial charge on any atom is -1.00 e. The Bertz CT molecular complexity index is 719. The first kappa shape index (κ1) is 23.6. The van der Waals surface area contributed by atoms with Crippen LogP contribution in [0.1, 0.15) is 13.3 Å². The number of sulfonamides is 1. The van der Waals surface area contributed by atoms with Crippen molar-refractivity contribution in [2.45, 2.75) is 13.3 Å². The maximum atomic E-state index is 12.4. The predicted molar refractivity (Wildman–Crippen MR) is 102 cm³/mol. The number of quaternary nitrogens is 1. The molecule has 0 aromatic heterocycles. The zero-order valence-electron chi connectivity index (χ0n) is 16.1. The number of carbonyl (C=O) groups is 1. The molecule has 1 fully saturated rings. The van der Waals surface area contributed by atoms with Crippen LogP contribution < -0.4 is 22.2 Å². The fraction of sp³-hybridized carbons (Fsp3) is 0.588. The number of hydrogen-bond acceptors (Lipinski definition) is 5. The Kier molecular flexibility index (Phi) is 8.49. The molecule has 1 aliphatic heterocycles. The van der Waals surface area contributed by atoms with Crippen molar-refractivity contribution in [3.63, 3.8) is 0 Å². The van der Waals surface area contributed by atoms with E-state index in [0.717, 1.165) is 37.2 Å². The number of nitrogens with one attached hydrogen (secondary N) is 1. The van der Waals surface area contributed by atoms with Gasteiger partial charge in [-0.2, -0.15) is 0 Å². The van der Waals surface area contributed by atoms with Crippen LogP contribution in [0.15, 0.2) is 24.3 Å². The molecule has 0 bridgehead atoms. The van der Waals surface area contributed by atoms with Crippen LogP contribution in [0.3, 0.4) is 0 Å². The highest BCUT2D eigenvalue weighted by atomic mass is 35.5. The summed E-state index contributed by atoms with van der Waals surface area (Å²) in [6.07, 6.45) is 0.490. The van der Waals surface area contributed by atoms with Gasteiger partial charge in [0, 0.05) is 32.1 Å². The standard InChI is InChI=1S/C17H28N4O4S.ClH/c1-15(22)18-16-5-7-17(8-6-16)20(23)26(24,25)14-4-11-21(3)12-9-19(2)10-13-21;/h5-8,23H,4,9-14H2,1-3H3;1H. The normalized spacial score (nSPS) is 17.0. The van der Waals surface area contributed by atoms with Gasteiger partial charge in [0.15, 0.2) is 0 Å². The number of likely N-dealkylation sites (N-methyl/N-ethyl adjacent to an activating group) is 2. The van der Waals surface area contributed by atoms with Gasteiger partial charge in [-0.1, -0.05) is 0 Å². The van der Waals surface area contributed by atoms with Crippen molar-refractivity contribution >= 4 is 27.3 Å². The van der Waals surface area contributed by atoms with Gasteiger partial charge in [-0.3, -0.25) is 14.9 Å². The molecular weight excluding hydrogens is 392 g/mol. The Hall–Kier alpha value is -1.39. The van der Waals surface area contributed by atoms with Crippen LogP contribution in [0, 0.1) is 0 Å². The third kappa shape index (κ3) is 6.93. The Balaban J connectivity index is 0.00000364. The lowest BCUT2D eigenvalue weighted by Crippen LogP contribution is -3.00. The molecule has 1 saturated heterocycles. The molecule has 0 unspecified atom stereocenters. The molecule has 0 spiro atoms. The van der Waals surface area contributed by atoms with Gasteiger partial charge in [0.2, 0.25) is 5.91 Å². The van der Waals surface area contributed by atoms with Gasteiger partial charge in [-0.15, -0.1) is 4.47 Å². The number of hydrogen-bond donors (Lipinski definition) is 2. The fourth-order valence-electron chi connectivity index (χ4n) is 3.02. The van der Waals surface area contributed by atoms with Crippen LogP contribution in [0.25, 0.3) is 0 Å². The lowest BCUT2D eigenvalue weighted by atomic mass is 10.2. The van der Waals surface area contributed by atoms with Gasteiger partial charge >= 0.3 is 0 Å². The van der Waals surface area contributed by atoms with E-state index in [2.05, 4.69) is 24.3 Å². The SMILES string of the molecule is CC(=O)Nc1ccc(N(O)S(=O)(=O)CCC[N+]2(C)CCN(C)CC2)cc1.[Cl-]. The van der Waals surface area contributed by atoms with E-state index in [1.165, 1.54) is 19.1 Å². The van der Waals surface area contributed by atoms with E-state index in [1.807, 2.05) is 0 Å². The number of nitrogens with zero attached hydrogens (tertiary/aromatic N) is 3. The second-order valence-corrected chi connectivity index (χ2v) is 9.15. The number of benzene rings is 1. The molecule has 0 aliphatic carbocycles. The van der Waals surface area contributed by atoms with Crippen molar-refractivity contribution in [2.75, 3.05) is 62.4 Å². The minimum atomic E-state index is -3.81. The van der Waals surface area contributed by atoms with Crippen LogP contribution in [0.5, 0.6) is 0 Å². The molecule has 8 nitrogen and oxygen atoms in total. The summed E-state index contributed by atoms with van der Waals surface area (Å²) < 4.78 is 26.0. The average molecular weight is 421 g/mol. The Labute approximate surface area is 167 Å². The van der Waals surface area contributed by atoms with Crippen molar-refractivity contribution in [1.29, 1.82) is 0 Å². The molecule has 0 radical (unpaired) electrons. The zero-order chi connectivity index (χ0) is 19.4. The topological polar surface area (TPSA) is 90.0 Å². The average Bonchev–Trinajstić information content (AvgIpc) is 2.57. The largest absolute Gasteiger partial charge is 1.00 e. The Morgan fingerprint density at radius 3 is 2.33 bits per heavy atom. The highest BCUT2D eigenvalue weighted by Gasteiger charge is 2.28. The molecule has 1 aliphatic rings. The zero-order valence-corrected chi connectivity index (χ0v) is 17.6. The van der Waals surface area contributed by atoms with E-state index < -0.39 is 10.0 Å². The summed E-state index contributed by atoms with van der Waals surface area (Å²) in [4.78, 5) is 13.3. The third-order valence-electron chi connectivity index (χ3n) is 4.82. The van der Waals surface area contributed by atoms with E-state index in [1.54, 1.807) is 12.1 Å². The highest BCUT2D eigenvalue weighted by molar-refractivity contribution is 7.92. The van der Waals surface area contributed by atoms with E-state index in [0.29, 0.717) is 16.6 Å². The lowest BCUT2D eigenvalue weighted by Gasteiger charge is -2.41. The van der Waals surface area contributed by atoms with Crippen LogP contribution in [0.4, 0.5) is 11.4 Å². The van der Waals surface area contributed by atoms with Gasteiger partial charge in [0.05, 0.1) is 38.1 Å². The summed E-state index contributed by atoms with van der Waals surface area (Å²) in [5, 5.41) is 12.7. The quantitative estimate of drug-likeness (QED) is 0.392. The van der Waals surface area contributed by atoms with Gasteiger partial charge < -0.3 is 22.2 Å². The number of halogens is 1. The van der Waals surface area contributed by atoms with Crippen molar-refractivity contribution in [1.82, 2.24) is 4.90 Å². The minimum absolute atomic E-state index is 0. The van der Waals surface area contributed by atoms with Crippen LogP contribution in [0.2, 0.25) is 0 Å². The molecule has 1 amide bonds. The summed E-state index contributed by atoms with van der Waals surface area (Å²) in [6, 6.07) is 6.01. The molecule has 2 N–H and O–H groups in total. The fourth-order valence-corrected chi connectivity index (χ4v) is 4.13. The van der Waals surface area contributed by atoms with Crippen LogP contribution >= 0.6 is 0 Å². The molecule has 2 rings (SSSR count). The van der Waals surface area contributed by atoms with Crippen LogP contribution in [-0.4, -0.2) is 81.5 Å². The summed E-state index contributed by atoms with van der Waals surface area (Å²) in [5.41, 5.74) is 0.693. The van der Waals surface area contributed by atoms with E-state index in [9.17, 15) is 18.4 Å². The maximum Gasteiger partial charge on any atom is 0.257 e. The first-order chi connectivity index (χ1) is 12.1. The third-order valence-corrected chi connectivity index (χ3v) is 6.36. The summed E-state index contributed by atoms with van der Waals surface area (Å²) >= 11 is 0. The van der Waals surface area contributed by atoms with Gasteiger partial charge in [-0.25, -0.2) is 8.42 Å². The first-order valence-corrected chi connectivity index (χ1v) is 10.3. The number of piperazine rings is 1. The second-order valence-electron chi connectivity index (χ2n) is 7.23. The van der Waals surface area contributed by atoms with Gasteiger partial charge in [0.25, 0.3) is 10.0 Å². The molecule has 154 valence electrons.